The first-order chi connectivity index (χ1) is 14.7. The Morgan fingerprint density at radius 3 is 2.52 bits per heavy atom. The van der Waals surface area contributed by atoms with Crippen LogP contribution in [0.1, 0.15) is 48.0 Å². The quantitative estimate of drug-likeness (QED) is 0.404. The first-order valence-electron chi connectivity index (χ1n) is 10.1. The van der Waals surface area contributed by atoms with Crippen LogP contribution in [0.3, 0.4) is 0 Å². The second kappa shape index (κ2) is 6.62. The molecule has 0 N–H and O–H groups in total. The first kappa shape index (κ1) is 20.2. The van der Waals surface area contributed by atoms with Crippen LogP contribution in [0.2, 0.25) is 0 Å². The lowest BCUT2D eigenvalue weighted by atomic mass is 9.88. The molecule has 0 unspecified atom stereocenters. The number of epoxide rings is 2. The smallest absolute Gasteiger partial charge is 0.291 e. The average Bonchev–Trinajstić information content (AvgIpc) is 3.59. The number of nitro groups is 1. The van der Waals surface area contributed by atoms with Crippen LogP contribution >= 0.6 is 0 Å². The van der Waals surface area contributed by atoms with Gasteiger partial charge in [0.1, 0.15) is 35.3 Å². The summed E-state index contributed by atoms with van der Waals surface area (Å²) in [6, 6.07) is 6.39. The summed E-state index contributed by atoms with van der Waals surface area (Å²) >= 11 is 0. The van der Waals surface area contributed by atoms with Crippen molar-refractivity contribution in [3.05, 3.63) is 67.1 Å². The molecule has 1 spiro atoms. The van der Waals surface area contributed by atoms with Crippen molar-refractivity contribution < 1.29 is 28.3 Å². The van der Waals surface area contributed by atoms with E-state index in [1.54, 1.807) is 26.0 Å². The van der Waals surface area contributed by atoms with Crippen LogP contribution in [0, 0.1) is 24.0 Å². The van der Waals surface area contributed by atoms with E-state index in [-0.39, 0.29) is 29.3 Å². The van der Waals surface area contributed by atoms with Gasteiger partial charge in [0.25, 0.3) is 11.6 Å². The number of hydrogen-bond donors (Lipinski definition) is 0. The Morgan fingerprint density at radius 1 is 1.16 bits per heavy atom. The van der Waals surface area contributed by atoms with Gasteiger partial charge in [-0.25, -0.2) is 0 Å². The second-order valence-electron chi connectivity index (χ2n) is 8.63. The number of benzene rings is 1. The van der Waals surface area contributed by atoms with E-state index in [1.807, 2.05) is 6.92 Å². The van der Waals surface area contributed by atoms with E-state index in [0.29, 0.717) is 29.9 Å². The molecule has 164 valence electrons. The van der Waals surface area contributed by atoms with Crippen molar-refractivity contribution >= 4 is 5.69 Å². The van der Waals surface area contributed by atoms with Gasteiger partial charge < -0.3 is 23.4 Å². The summed E-state index contributed by atoms with van der Waals surface area (Å²) in [6.45, 7) is 5.74. The number of nitro benzene ring substituents is 1. The van der Waals surface area contributed by atoms with Gasteiger partial charge in [-0.2, -0.15) is 0 Å². The van der Waals surface area contributed by atoms with Gasteiger partial charge in [0.05, 0.1) is 24.2 Å². The van der Waals surface area contributed by atoms with E-state index in [0.717, 1.165) is 5.56 Å². The van der Waals surface area contributed by atoms with Crippen molar-refractivity contribution in [3.8, 4) is 5.95 Å². The molecule has 1 aromatic heterocycles. The van der Waals surface area contributed by atoms with Crippen molar-refractivity contribution in [3.63, 3.8) is 0 Å². The Kier molecular flexibility index (Phi) is 4.31. The Bertz CT molecular complexity index is 1130. The van der Waals surface area contributed by atoms with E-state index in [9.17, 15) is 14.9 Å². The minimum Gasteiger partial charge on any atom is -0.468 e. The van der Waals surface area contributed by atoms with Crippen molar-refractivity contribution in [2.24, 2.45) is 0 Å². The van der Waals surface area contributed by atoms with Crippen LogP contribution in [0.25, 0.3) is 0 Å². The third-order valence-corrected chi connectivity index (χ3v) is 6.63. The molecule has 3 fully saturated rings. The molecule has 0 radical (unpaired) electrons. The van der Waals surface area contributed by atoms with Gasteiger partial charge in [-0.15, -0.1) is 0 Å². The standard InChI is InChI=1S/C22H23NO8/c1-11-16(24)12(2)19(27-4)29-17(11)15-9-22(10-28-15)20(31-22)21(3)18(30-21)13-5-7-14(8-6-13)23(25)26/h5-8,15,18,20H,9-10H2,1-4H3/t15-,18-,20+,21-,22-/m1/s1. The van der Waals surface area contributed by atoms with Gasteiger partial charge in [0.2, 0.25) is 0 Å². The summed E-state index contributed by atoms with van der Waals surface area (Å²) in [5.41, 5.74) is 0.707. The second-order valence-corrected chi connectivity index (χ2v) is 8.63. The number of rotatable bonds is 5. The number of methoxy groups -OCH3 is 1. The first-order valence-corrected chi connectivity index (χ1v) is 10.1. The Labute approximate surface area is 178 Å². The van der Waals surface area contributed by atoms with Gasteiger partial charge in [0, 0.05) is 24.1 Å². The molecular weight excluding hydrogens is 406 g/mol. The minimum atomic E-state index is -0.533. The maximum absolute atomic E-state index is 12.5. The van der Waals surface area contributed by atoms with Gasteiger partial charge >= 0.3 is 0 Å². The molecule has 31 heavy (non-hydrogen) atoms. The fourth-order valence-electron chi connectivity index (χ4n) is 4.78. The molecular formula is C22H23NO8. The molecule has 9 heteroatoms. The Hall–Kier alpha value is -2.75. The van der Waals surface area contributed by atoms with Crippen LogP contribution in [0.4, 0.5) is 5.69 Å². The predicted octanol–water partition coefficient (Wildman–Crippen LogP) is 3.30. The van der Waals surface area contributed by atoms with Crippen LogP contribution < -0.4 is 10.2 Å². The van der Waals surface area contributed by atoms with Crippen molar-refractivity contribution in [2.75, 3.05) is 13.7 Å². The molecule has 0 bridgehead atoms. The Morgan fingerprint density at radius 2 is 1.87 bits per heavy atom. The van der Waals surface area contributed by atoms with E-state index in [1.165, 1.54) is 19.2 Å². The minimum absolute atomic E-state index is 0.0441. The molecule has 3 aliphatic heterocycles. The fourth-order valence-corrected chi connectivity index (χ4v) is 4.78. The van der Waals surface area contributed by atoms with E-state index >= 15 is 0 Å². The molecule has 3 saturated heterocycles. The molecule has 1 aromatic carbocycles. The third-order valence-electron chi connectivity index (χ3n) is 6.63. The van der Waals surface area contributed by atoms with E-state index < -0.39 is 22.2 Å². The SMILES string of the molecule is COc1oc([C@H]2C[C@]3(CO2)O[C@H]3[C@]2(C)O[C@@H]2c2ccc([N+](=O)[O-])cc2)c(C)c(=O)c1C. The lowest BCUT2D eigenvalue weighted by Crippen LogP contribution is -2.26. The van der Waals surface area contributed by atoms with Crippen LogP contribution in [0.5, 0.6) is 5.95 Å². The molecule has 3 aliphatic rings. The lowest BCUT2D eigenvalue weighted by Gasteiger charge is -2.13. The highest BCUT2D eigenvalue weighted by Gasteiger charge is 2.76. The Balaban J connectivity index is 1.32. The van der Waals surface area contributed by atoms with Gasteiger partial charge in [-0.3, -0.25) is 14.9 Å². The summed E-state index contributed by atoms with van der Waals surface area (Å²) in [6.07, 6.45) is -0.243. The maximum Gasteiger partial charge on any atom is 0.291 e. The highest BCUT2D eigenvalue weighted by molar-refractivity contribution is 5.38. The topological polar surface area (TPSA) is 117 Å². The monoisotopic (exact) mass is 429 g/mol. The highest BCUT2D eigenvalue weighted by Crippen LogP contribution is 2.64. The van der Waals surface area contributed by atoms with Crippen LogP contribution in [0.15, 0.2) is 33.5 Å². The van der Waals surface area contributed by atoms with E-state index in [4.69, 9.17) is 23.4 Å². The zero-order chi connectivity index (χ0) is 22.1. The highest BCUT2D eigenvalue weighted by atomic mass is 16.7. The fraction of sp³-hybridized carbons (Fsp3) is 0.500. The summed E-state index contributed by atoms with van der Waals surface area (Å²) in [5, 5.41) is 10.9. The average molecular weight is 429 g/mol. The summed E-state index contributed by atoms with van der Waals surface area (Å²) < 4.78 is 29.1. The van der Waals surface area contributed by atoms with Crippen LogP contribution in [-0.2, 0) is 14.2 Å². The lowest BCUT2D eigenvalue weighted by molar-refractivity contribution is -0.384. The largest absolute Gasteiger partial charge is 0.468 e. The molecule has 2 aromatic rings. The number of hydrogen-bond acceptors (Lipinski definition) is 8. The normalized spacial score (nSPS) is 33.5. The third kappa shape index (κ3) is 2.99. The molecule has 9 nitrogen and oxygen atoms in total. The summed E-state index contributed by atoms with van der Waals surface area (Å²) in [4.78, 5) is 23.0. The summed E-state index contributed by atoms with van der Waals surface area (Å²) in [7, 11) is 1.46. The van der Waals surface area contributed by atoms with Gasteiger partial charge in [-0.05, 0) is 38.5 Å². The van der Waals surface area contributed by atoms with E-state index in [2.05, 4.69) is 0 Å². The predicted molar refractivity (Wildman–Crippen MR) is 107 cm³/mol. The molecule has 0 saturated carbocycles. The summed E-state index contributed by atoms with van der Waals surface area (Å²) in [5.74, 6) is 0.659. The van der Waals surface area contributed by atoms with Crippen molar-refractivity contribution in [1.82, 2.24) is 0 Å². The van der Waals surface area contributed by atoms with Crippen molar-refractivity contribution in [1.29, 1.82) is 0 Å². The van der Waals surface area contributed by atoms with Crippen molar-refractivity contribution in [2.45, 2.75) is 56.7 Å². The number of nitrogens with zero attached hydrogens (tertiary/aromatic N) is 1. The molecule has 4 heterocycles. The zero-order valence-corrected chi connectivity index (χ0v) is 17.7. The van der Waals surface area contributed by atoms with Gasteiger partial charge in [0.15, 0.2) is 5.43 Å². The zero-order valence-electron chi connectivity index (χ0n) is 17.7. The maximum atomic E-state index is 12.5. The molecule has 0 amide bonds. The molecule has 5 atom stereocenters. The number of ether oxygens (including phenoxy) is 4. The number of non-ortho nitro benzene ring substituents is 1. The van der Waals surface area contributed by atoms with Gasteiger partial charge in [-0.1, -0.05) is 0 Å². The van der Waals surface area contributed by atoms with Crippen LogP contribution in [-0.4, -0.2) is 35.9 Å². The molecule has 0 aliphatic carbocycles. The molecule has 5 rings (SSSR count).